The Hall–Kier alpha value is -3.17. The van der Waals surface area contributed by atoms with Crippen LogP contribution in [0.25, 0.3) is 0 Å². The van der Waals surface area contributed by atoms with Gasteiger partial charge in [-0.3, -0.25) is 4.79 Å². The lowest BCUT2D eigenvalue weighted by atomic mass is 10.1. The van der Waals surface area contributed by atoms with Gasteiger partial charge < -0.3 is 9.64 Å². The summed E-state index contributed by atoms with van der Waals surface area (Å²) in [6, 6.07) is 15.9. The van der Waals surface area contributed by atoms with Crippen LogP contribution in [0.2, 0.25) is 0 Å². The topological polar surface area (TPSA) is 66.2 Å². The lowest BCUT2D eigenvalue weighted by Crippen LogP contribution is -2.26. The molecular formula is C18H13N3O2S. The molecule has 0 N–H and O–H groups in total. The minimum Gasteiger partial charge on any atom is -0.431 e. The molecule has 3 aromatic rings. The molecule has 0 unspecified atom stereocenters. The fourth-order valence-corrected chi connectivity index (χ4v) is 2.65. The van der Waals surface area contributed by atoms with E-state index in [4.69, 9.17) is 10.00 Å². The summed E-state index contributed by atoms with van der Waals surface area (Å²) in [6.07, 6.45) is 1.66. The SMILES string of the molecule is CN(C(=O)c1cccc(Oc2nccs2)c1)c1cccc(C#N)c1. The molecule has 0 aliphatic rings. The van der Waals surface area contributed by atoms with E-state index in [1.54, 1.807) is 61.8 Å². The summed E-state index contributed by atoms with van der Waals surface area (Å²) in [7, 11) is 1.67. The minimum atomic E-state index is -0.185. The van der Waals surface area contributed by atoms with Gasteiger partial charge in [0.15, 0.2) is 0 Å². The summed E-state index contributed by atoms with van der Waals surface area (Å²) in [5, 5.41) is 11.3. The van der Waals surface area contributed by atoms with Crippen molar-refractivity contribution in [3.63, 3.8) is 0 Å². The van der Waals surface area contributed by atoms with Crippen LogP contribution in [0.3, 0.4) is 0 Å². The van der Waals surface area contributed by atoms with Crippen molar-refractivity contribution in [2.24, 2.45) is 0 Å². The van der Waals surface area contributed by atoms with Crippen LogP contribution in [0.1, 0.15) is 15.9 Å². The minimum absolute atomic E-state index is 0.185. The van der Waals surface area contributed by atoms with Crippen LogP contribution >= 0.6 is 11.3 Å². The number of carbonyl (C=O) groups excluding carboxylic acids is 1. The van der Waals surface area contributed by atoms with E-state index in [0.717, 1.165) is 0 Å². The maximum absolute atomic E-state index is 12.7. The zero-order valence-corrected chi connectivity index (χ0v) is 13.7. The fraction of sp³-hybridized carbons (Fsp3) is 0.0556. The maximum atomic E-state index is 12.7. The van der Waals surface area contributed by atoms with Crippen LogP contribution in [0, 0.1) is 11.3 Å². The summed E-state index contributed by atoms with van der Waals surface area (Å²) >= 11 is 1.38. The second-order valence-corrected chi connectivity index (χ2v) is 5.81. The Labute approximate surface area is 143 Å². The lowest BCUT2D eigenvalue weighted by molar-refractivity contribution is 0.0992. The number of thiazole rings is 1. The second-order valence-electron chi connectivity index (χ2n) is 4.95. The van der Waals surface area contributed by atoms with Gasteiger partial charge in [0.25, 0.3) is 11.1 Å². The molecule has 0 saturated heterocycles. The number of carbonyl (C=O) groups is 1. The van der Waals surface area contributed by atoms with Gasteiger partial charge in [0.05, 0.1) is 11.6 Å². The van der Waals surface area contributed by atoms with Gasteiger partial charge >= 0.3 is 0 Å². The monoisotopic (exact) mass is 335 g/mol. The van der Waals surface area contributed by atoms with Gasteiger partial charge in [-0.15, -0.1) is 0 Å². The molecule has 0 saturated carbocycles. The zero-order valence-electron chi connectivity index (χ0n) is 12.8. The third-order valence-electron chi connectivity index (χ3n) is 3.36. The molecule has 0 fully saturated rings. The molecule has 0 bridgehead atoms. The Bertz CT molecular complexity index is 901. The summed E-state index contributed by atoms with van der Waals surface area (Å²) in [6.45, 7) is 0. The van der Waals surface area contributed by atoms with Crippen LogP contribution in [-0.4, -0.2) is 17.9 Å². The summed E-state index contributed by atoms with van der Waals surface area (Å²) in [5.74, 6) is 0.365. The van der Waals surface area contributed by atoms with E-state index in [9.17, 15) is 4.79 Å². The van der Waals surface area contributed by atoms with Crippen LogP contribution in [0.4, 0.5) is 5.69 Å². The Morgan fingerprint density at radius 3 is 2.83 bits per heavy atom. The molecule has 1 amide bonds. The number of amides is 1. The number of anilines is 1. The number of rotatable bonds is 4. The predicted octanol–water partition coefficient (Wildman–Crippen LogP) is 4.08. The van der Waals surface area contributed by atoms with Crippen molar-refractivity contribution >= 4 is 22.9 Å². The second kappa shape index (κ2) is 6.94. The molecular weight excluding hydrogens is 322 g/mol. The largest absolute Gasteiger partial charge is 0.431 e. The summed E-state index contributed by atoms with van der Waals surface area (Å²) in [5.41, 5.74) is 1.66. The van der Waals surface area contributed by atoms with Gasteiger partial charge in [0, 0.05) is 29.9 Å². The van der Waals surface area contributed by atoms with Gasteiger partial charge in [0.1, 0.15) is 5.75 Å². The maximum Gasteiger partial charge on any atom is 0.278 e. The smallest absolute Gasteiger partial charge is 0.278 e. The number of aromatic nitrogens is 1. The van der Waals surface area contributed by atoms with Gasteiger partial charge in [0.2, 0.25) is 0 Å². The van der Waals surface area contributed by atoms with E-state index in [0.29, 0.717) is 27.8 Å². The van der Waals surface area contributed by atoms with Crippen LogP contribution in [0.15, 0.2) is 60.1 Å². The Morgan fingerprint density at radius 2 is 2.08 bits per heavy atom. The summed E-state index contributed by atoms with van der Waals surface area (Å²) in [4.78, 5) is 18.2. The standard InChI is InChI=1S/C18H13N3O2S/c1-21(15-6-2-4-13(10-15)12-19)17(22)14-5-3-7-16(11-14)23-18-20-8-9-24-18/h2-11H,1H3. The van der Waals surface area contributed by atoms with Crippen LogP contribution in [0.5, 0.6) is 10.9 Å². The zero-order chi connectivity index (χ0) is 16.9. The molecule has 6 heteroatoms. The van der Waals surface area contributed by atoms with Crippen molar-refractivity contribution in [1.82, 2.24) is 4.98 Å². The van der Waals surface area contributed by atoms with Crippen molar-refractivity contribution < 1.29 is 9.53 Å². The number of nitrogens with zero attached hydrogens (tertiary/aromatic N) is 3. The molecule has 1 aromatic heterocycles. The van der Waals surface area contributed by atoms with Crippen molar-refractivity contribution in [3.8, 4) is 17.0 Å². The fourth-order valence-electron chi connectivity index (χ4n) is 2.15. The molecule has 118 valence electrons. The average Bonchev–Trinajstić information content (AvgIpc) is 3.13. The molecule has 3 rings (SSSR count). The van der Waals surface area contributed by atoms with Crippen molar-refractivity contribution in [2.75, 3.05) is 11.9 Å². The van der Waals surface area contributed by atoms with E-state index in [-0.39, 0.29) is 5.91 Å². The Balaban J connectivity index is 1.82. The van der Waals surface area contributed by atoms with E-state index in [1.165, 1.54) is 16.2 Å². The first kappa shape index (κ1) is 15.7. The first-order chi connectivity index (χ1) is 11.7. The van der Waals surface area contributed by atoms with E-state index in [2.05, 4.69) is 11.1 Å². The third kappa shape index (κ3) is 3.42. The molecule has 2 aromatic carbocycles. The number of benzene rings is 2. The lowest BCUT2D eigenvalue weighted by Gasteiger charge is -2.18. The number of hydrogen-bond acceptors (Lipinski definition) is 5. The normalized spacial score (nSPS) is 10.0. The van der Waals surface area contributed by atoms with Gasteiger partial charge in [-0.1, -0.05) is 23.5 Å². The van der Waals surface area contributed by atoms with E-state index < -0.39 is 0 Å². The van der Waals surface area contributed by atoms with E-state index >= 15 is 0 Å². The van der Waals surface area contributed by atoms with Crippen molar-refractivity contribution in [1.29, 1.82) is 5.26 Å². The average molecular weight is 335 g/mol. The van der Waals surface area contributed by atoms with Crippen molar-refractivity contribution in [2.45, 2.75) is 0 Å². The first-order valence-electron chi connectivity index (χ1n) is 7.13. The van der Waals surface area contributed by atoms with Gasteiger partial charge in [-0.05, 0) is 36.4 Å². The third-order valence-corrected chi connectivity index (χ3v) is 4.01. The molecule has 0 spiro atoms. The molecule has 0 aliphatic carbocycles. The van der Waals surface area contributed by atoms with Gasteiger partial charge in [-0.25, -0.2) is 4.98 Å². The highest BCUT2D eigenvalue weighted by Crippen LogP contribution is 2.25. The van der Waals surface area contributed by atoms with Crippen LogP contribution in [-0.2, 0) is 0 Å². The quantitative estimate of drug-likeness (QED) is 0.720. The highest BCUT2D eigenvalue weighted by Gasteiger charge is 2.15. The highest BCUT2D eigenvalue weighted by molar-refractivity contribution is 7.11. The first-order valence-corrected chi connectivity index (χ1v) is 8.01. The van der Waals surface area contributed by atoms with Crippen LogP contribution < -0.4 is 9.64 Å². The van der Waals surface area contributed by atoms with Crippen molar-refractivity contribution in [3.05, 3.63) is 71.2 Å². The Kier molecular flexibility index (Phi) is 4.54. The highest BCUT2D eigenvalue weighted by atomic mass is 32.1. The predicted molar refractivity (Wildman–Crippen MR) is 92.5 cm³/mol. The molecule has 24 heavy (non-hydrogen) atoms. The van der Waals surface area contributed by atoms with Gasteiger partial charge in [-0.2, -0.15) is 5.26 Å². The molecule has 0 atom stereocenters. The number of nitriles is 1. The molecule has 1 heterocycles. The number of ether oxygens (including phenoxy) is 1. The Morgan fingerprint density at radius 1 is 1.25 bits per heavy atom. The molecule has 5 nitrogen and oxygen atoms in total. The van der Waals surface area contributed by atoms with E-state index in [1.807, 2.05) is 5.38 Å². The number of hydrogen-bond donors (Lipinski definition) is 0. The summed E-state index contributed by atoms with van der Waals surface area (Å²) < 4.78 is 5.62. The molecule has 0 aliphatic heterocycles. The molecule has 0 radical (unpaired) electrons.